The Kier molecular flexibility index (Phi) is 3.76. The fourth-order valence-corrected chi connectivity index (χ4v) is 3.86. The number of rotatable bonds is 3. The molecule has 0 aliphatic heterocycles. The standard InChI is InChI=1S/C22H18O4/c1-4-12-10-14-8-9-16(21(23)25-2)20-17(22(24)26-3)11-13-6-5-7-15(12)18(13)19(14)20/h5-11H,4H2,1-3H3. The van der Waals surface area contributed by atoms with Crippen LogP contribution in [0.15, 0.2) is 42.5 Å². The van der Waals surface area contributed by atoms with Crippen LogP contribution in [0.2, 0.25) is 0 Å². The van der Waals surface area contributed by atoms with Gasteiger partial charge in [0.15, 0.2) is 0 Å². The Morgan fingerprint density at radius 1 is 0.808 bits per heavy atom. The topological polar surface area (TPSA) is 52.6 Å². The fraction of sp³-hybridized carbons (Fsp3) is 0.182. The van der Waals surface area contributed by atoms with Crippen molar-refractivity contribution in [3.8, 4) is 0 Å². The Balaban J connectivity index is 2.32. The van der Waals surface area contributed by atoms with Gasteiger partial charge >= 0.3 is 11.9 Å². The Morgan fingerprint density at radius 2 is 1.50 bits per heavy atom. The molecule has 0 N–H and O–H groups in total. The van der Waals surface area contributed by atoms with E-state index in [1.165, 1.54) is 19.8 Å². The van der Waals surface area contributed by atoms with E-state index in [1.54, 1.807) is 6.07 Å². The Morgan fingerprint density at radius 3 is 2.19 bits per heavy atom. The van der Waals surface area contributed by atoms with Gasteiger partial charge in [0.1, 0.15) is 0 Å². The molecule has 0 amide bonds. The molecular weight excluding hydrogens is 328 g/mol. The highest BCUT2D eigenvalue weighted by molar-refractivity contribution is 6.30. The van der Waals surface area contributed by atoms with Gasteiger partial charge in [0.2, 0.25) is 0 Å². The monoisotopic (exact) mass is 346 g/mol. The van der Waals surface area contributed by atoms with Crippen LogP contribution in [0.4, 0.5) is 0 Å². The average molecular weight is 346 g/mol. The van der Waals surface area contributed by atoms with Gasteiger partial charge in [0.05, 0.1) is 25.3 Å². The van der Waals surface area contributed by atoms with Crippen LogP contribution in [0, 0.1) is 0 Å². The Labute approximate surface area is 150 Å². The summed E-state index contributed by atoms with van der Waals surface area (Å²) in [6.45, 7) is 2.12. The third-order valence-corrected chi connectivity index (χ3v) is 5.02. The minimum atomic E-state index is -0.469. The van der Waals surface area contributed by atoms with Gasteiger partial charge in [-0.15, -0.1) is 0 Å². The average Bonchev–Trinajstić information content (AvgIpc) is 2.69. The predicted molar refractivity (Wildman–Crippen MR) is 102 cm³/mol. The molecule has 4 nitrogen and oxygen atoms in total. The van der Waals surface area contributed by atoms with E-state index in [0.29, 0.717) is 16.5 Å². The second kappa shape index (κ2) is 5.99. The number of ether oxygens (including phenoxy) is 2. The van der Waals surface area contributed by atoms with E-state index in [4.69, 9.17) is 9.47 Å². The van der Waals surface area contributed by atoms with Gasteiger partial charge in [-0.25, -0.2) is 9.59 Å². The minimum absolute atomic E-state index is 0.372. The highest BCUT2D eigenvalue weighted by Crippen LogP contribution is 2.40. The molecule has 0 spiro atoms. The van der Waals surface area contributed by atoms with Gasteiger partial charge in [-0.3, -0.25) is 0 Å². The molecule has 0 heterocycles. The summed E-state index contributed by atoms with van der Waals surface area (Å²) in [4.78, 5) is 24.9. The van der Waals surface area contributed by atoms with Gasteiger partial charge in [-0.1, -0.05) is 37.3 Å². The third-order valence-electron chi connectivity index (χ3n) is 5.02. The first kappa shape index (κ1) is 16.3. The zero-order valence-corrected chi connectivity index (χ0v) is 14.9. The number of aryl methyl sites for hydroxylation is 1. The summed E-state index contributed by atoms with van der Waals surface area (Å²) in [7, 11) is 2.69. The largest absolute Gasteiger partial charge is 0.465 e. The molecule has 26 heavy (non-hydrogen) atoms. The number of hydrogen-bond acceptors (Lipinski definition) is 4. The lowest BCUT2D eigenvalue weighted by atomic mass is 9.86. The molecule has 0 radical (unpaired) electrons. The Hall–Kier alpha value is -3.14. The van der Waals surface area contributed by atoms with E-state index < -0.39 is 11.9 Å². The number of benzene rings is 4. The predicted octanol–water partition coefficient (Wildman–Crippen LogP) is 4.72. The van der Waals surface area contributed by atoms with Crippen molar-refractivity contribution < 1.29 is 19.1 Å². The molecule has 4 rings (SSSR count). The van der Waals surface area contributed by atoms with E-state index in [0.717, 1.165) is 33.4 Å². The maximum atomic E-state index is 12.5. The van der Waals surface area contributed by atoms with Crippen LogP contribution < -0.4 is 0 Å². The second-order valence-electron chi connectivity index (χ2n) is 6.29. The lowest BCUT2D eigenvalue weighted by Crippen LogP contribution is -2.09. The summed E-state index contributed by atoms with van der Waals surface area (Å²) >= 11 is 0. The van der Waals surface area contributed by atoms with Crippen molar-refractivity contribution >= 4 is 44.3 Å². The fourth-order valence-electron chi connectivity index (χ4n) is 3.86. The zero-order chi connectivity index (χ0) is 18.4. The molecule has 0 atom stereocenters. The van der Waals surface area contributed by atoms with Crippen molar-refractivity contribution in [1.82, 2.24) is 0 Å². The number of carbonyl (C=O) groups is 2. The number of methoxy groups -OCH3 is 2. The summed E-state index contributed by atoms with van der Waals surface area (Å²) in [5.41, 5.74) is 1.99. The van der Waals surface area contributed by atoms with E-state index in [1.807, 2.05) is 24.3 Å². The molecule has 4 aromatic rings. The first-order chi connectivity index (χ1) is 12.6. The first-order valence-electron chi connectivity index (χ1n) is 8.50. The van der Waals surface area contributed by atoms with Gasteiger partial charge in [0, 0.05) is 5.39 Å². The van der Waals surface area contributed by atoms with E-state index in [2.05, 4.69) is 19.1 Å². The number of esters is 2. The van der Waals surface area contributed by atoms with Crippen molar-refractivity contribution in [2.24, 2.45) is 0 Å². The van der Waals surface area contributed by atoms with E-state index in [9.17, 15) is 9.59 Å². The quantitative estimate of drug-likeness (QED) is 0.398. The molecular formula is C22H18O4. The normalized spacial score (nSPS) is 11.3. The maximum absolute atomic E-state index is 12.5. The smallest absolute Gasteiger partial charge is 0.338 e. The molecule has 0 aliphatic carbocycles. The molecule has 0 fully saturated rings. The molecule has 130 valence electrons. The van der Waals surface area contributed by atoms with Crippen LogP contribution in [-0.4, -0.2) is 26.2 Å². The van der Waals surface area contributed by atoms with Crippen molar-refractivity contribution in [3.63, 3.8) is 0 Å². The molecule has 4 aromatic carbocycles. The van der Waals surface area contributed by atoms with Crippen LogP contribution in [0.25, 0.3) is 32.3 Å². The first-order valence-corrected chi connectivity index (χ1v) is 8.50. The Bertz CT molecular complexity index is 1170. The molecule has 0 aromatic heterocycles. The lowest BCUT2D eigenvalue weighted by Gasteiger charge is -2.18. The minimum Gasteiger partial charge on any atom is -0.465 e. The van der Waals surface area contributed by atoms with Crippen molar-refractivity contribution in [2.45, 2.75) is 13.3 Å². The van der Waals surface area contributed by atoms with E-state index >= 15 is 0 Å². The van der Waals surface area contributed by atoms with Crippen LogP contribution in [0.3, 0.4) is 0 Å². The summed E-state index contributed by atoms with van der Waals surface area (Å²) in [5, 5.41) is 5.65. The van der Waals surface area contributed by atoms with Gasteiger partial charge < -0.3 is 9.47 Å². The summed E-state index contributed by atoms with van der Waals surface area (Å²) < 4.78 is 9.93. The summed E-state index contributed by atoms with van der Waals surface area (Å²) in [5.74, 6) is -0.936. The zero-order valence-electron chi connectivity index (χ0n) is 14.9. The SMILES string of the molecule is CCc1cc2ccc(C(=O)OC)c3c(C(=O)OC)cc4cccc1c4c23. The highest BCUT2D eigenvalue weighted by atomic mass is 16.5. The third kappa shape index (κ3) is 2.15. The van der Waals surface area contributed by atoms with E-state index in [-0.39, 0.29) is 0 Å². The van der Waals surface area contributed by atoms with Crippen LogP contribution in [-0.2, 0) is 15.9 Å². The molecule has 0 saturated heterocycles. The van der Waals surface area contributed by atoms with Crippen molar-refractivity contribution in [3.05, 3.63) is 59.2 Å². The highest BCUT2D eigenvalue weighted by Gasteiger charge is 2.23. The molecule has 0 aliphatic rings. The summed E-state index contributed by atoms with van der Waals surface area (Å²) in [6, 6.07) is 13.6. The van der Waals surface area contributed by atoms with Crippen LogP contribution in [0.1, 0.15) is 33.2 Å². The maximum Gasteiger partial charge on any atom is 0.338 e. The number of hydrogen-bond donors (Lipinski definition) is 0. The molecule has 4 heteroatoms. The van der Waals surface area contributed by atoms with Gasteiger partial charge in [-0.2, -0.15) is 0 Å². The van der Waals surface area contributed by atoms with Gasteiger partial charge in [-0.05, 0) is 51.0 Å². The molecule has 0 bridgehead atoms. The second-order valence-corrected chi connectivity index (χ2v) is 6.29. The number of carbonyl (C=O) groups excluding carboxylic acids is 2. The van der Waals surface area contributed by atoms with Crippen molar-refractivity contribution in [1.29, 1.82) is 0 Å². The lowest BCUT2D eigenvalue weighted by molar-refractivity contribution is 0.0601. The van der Waals surface area contributed by atoms with Crippen LogP contribution in [0.5, 0.6) is 0 Å². The van der Waals surface area contributed by atoms with Crippen molar-refractivity contribution in [2.75, 3.05) is 14.2 Å². The van der Waals surface area contributed by atoms with Crippen LogP contribution >= 0.6 is 0 Å². The molecule has 0 unspecified atom stereocenters. The molecule has 0 saturated carbocycles. The summed E-state index contributed by atoms with van der Waals surface area (Å²) in [6.07, 6.45) is 0.900. The van der Waals surface area contributed by atoms with Gasteiger partial charge in [0.25, 0.3) is 0 Å².